The highest BCUT2D eigenvalue weighted by atomic mass is 79.9. The number of pyridine rings is 2. The molecule has 1 unspecified atom stereocenters. The summed E-state index contributed by atoms with van der Waals surface area (Å²) in [6.45, 7) is 1.41. The van der Waals surface area contributed by atoms with E-state index in [0.717, 1.165) is 34.0 Å². The lowest BCUT2D eigenvalue weighted by Crippen LogP contribution is -2.32. The van der Waals surface area contributed by atoms with Crippen molar-refractivity contribution in [1.82, 2.24) is 14.9 Å². The van der Waals surface area contributed by atoms with E-state index in [9.17, 15) is 4.79 Å². The number of carbonyl (C=O) groups excluding carboxylic acids is 1. The minimum absolute atomic E-state index is 0.00610. The summed E-state index contributed by atoms with van der Waals surface area (Å²) in [4.78, 5) is 23.0. The van der Waals surface area contributed by atoms with Crippen LogP contribution < -0.4 is 5.32 Å². The van der Waals surface area contributed by atoms with Crippen molar-refractivity contribution in [3.63, 3.8) is 0 Å². The van der Waals surface area contributed by atoms with Gasteiger partial charge in [0.2, 0.25) is 0 Å². The molecule has 1 aromatic carbocycles. The Bertz CT molecular complexity index is 916. The summed E-state index contributed by atoms with van der Waals surface area (Å²) in [6, 6.07) is 13.7. The molecule has 1 N–H and O–H groups in total. The summed E-state index contributed by atoms with van der Waals surface area (Å²) in [6.07, 6.45) is 4.38. The highest BCUT2D eigenvalue weighted by molar-refractivity contribution is 9.10. The number of nitrogens with zero attached hydrogens (tertiary/aromatic N) is 3. The quantitative estimate of drug-likeness (QED) is 0.732. The standard InChI is InChI=1S/C19H17BrN4O/c20-13-4-5-15-16(6-9-22-18(15)11-13)23-14-7-10-24(12-14)19(25)17-3-1-2-8-21-17/h1-6,8-9,11,14H,7,10,12H2,(H,22,23). The molecule has 25 heavy (non-hydrogen) atoms. The number of hydrogen-bond donors (Lipinski definition) is 1. The third-order valence-corrected chi connectivity index (χ3v) is 4.92. The molecule has 1 aliphatic rings. The van der Waals surface area contributed by atoms with Gasteiger partial charge in [0.05, 0.1) is 5.52 Å². The average Bonchev–Trinajstić information content (AvgIpc) is 3.10. The van der Waals surface area contributed by atoms with Crippen molar-refractivity contribution in [1.29, 1.82) is 0 Å². The van der Waals surface area contributed by atoms with Crippen molar-refractivity contribution in [2.45, 2.75) is 12.5 Å². The highest BCUT2D eigenvalue weighted by Crippen LogP contribution is 2.26. The van der Waals surface area contributed by atoms with Crippen molar-refractivity contribution < 1.29 is 4.79 Å². The first-order valence-electron chi connectivity index (χ1n) is 8.22. The lowest BCUT2D eigenvalue weighted by molar-refractivity contribution is 0.0786. The lowest BCUT2D eigenvalue weighted by atomic mass is 10.1. The number of rotatable bonds is 3. The average molecular weight is 397 g/mol. The molecule has 1 fully saturated rings. The Hall–Kier alpha value is -2.47. The number of anilines is 1. The maximum absolute atomic E-state index is 12.5. The van der Waals surface area contributed by atoms with Crippen LogP contribution in [0.5, 0.6) is 0 Å². The normalized spacial score (nSPS) is 17.0. The van der Waals surface area contributed by atoms with Crippen LogP contribution >= 0.6 is 15.9 Å². The fraction of sp³-hybridized carbons (Fsp3) is 0.211. The monoisotopic (exact) mass is 396 g/mol. The molecule has 1 amide bonds. The number of halogens is 1. The summed E-state index contributed by atoms with van der Waals surface area (Å²) in [5, 5.41) is 4.65. The molecule has 2 aromatic heterocycles. The van der Waals surface area contributed by atoms with Gasteiger partial charge in [-0.15, -0.1) is 0 Å². The van der Waals surface area contributed by atoms with Gasteiger partial charge >= 0.3 is 0 Å². The number of carbonyl (C=O) groups is 1. The first-order valence-corrected chi connectivity index (χ1v) is 9.01. The van der Waals surface area contributed by atoms with Crippen molar-refractivity contribution >= 4 is 38.4 Å². The summed E-state index contributed by atoms with van der Waals surface area (Å²) >= 11 is 3.48. The van der Waals surface area contributed by atoms with Crippen LogP contribution in [0, 0.1) is 0 Å². The van der Waals surface area contributed by atoms with E-state index >= 15 is 0 Å². The first kappa shape index (κ1) is 16.0. The Labute approximate surface area is 154 Å². The number of nitrogens with one attached hydrogen (secondary N) is 1. The Morgan fingerprint density at radius 1 is 1.16 bits per heavy atom. The molecule has 0 spiro atoms. The van der Waals surface area contributed by atoms with Gasteiger partial charge in [0.25, 0.3) is 5.91 Å². The number of fused-ring (bicyclic) bond motifs is 1. The van der Waals surface area contributed by atoms with E-state index in [4.69, 9.17) is 0 Å². The number of aromatic nitrogens is 2. The minimum Gasteiger partial charge on any atom is -0.380 e. The molecule has 6 heteroatoms. The molecular formula is C19H17BrN4O. The van der Waals surface area contributed by atoms with E-state index in [1.54, 1.807) is 12.3 Å². The van der Waals surface area contributed by atoms with Gasteiger partial charge in [-0.05, 0) is 42.8 Å². The van der Waals surface area contributed by atoms with Crippen LogP contribution in [0.1, 0.15) is 16.9 Å². The van der Waals surface area contributed by atoms with Crippen LogP contribution in [0.15, 0.2) is 59.3 Å². The van der Waals surface area contributed by atoms with E-state index in [0.29, 0.717) is 12.2 Å². The molecule has 1 atom stereocenters. The Morgan fingerprint density at radius 3 is 2.92 bits per heavy atom. The van der Waals surface area contributed by atoms with Gasteiger partial charge in [0, 0.05) is 47.1 Å². The number of amides is 1. The van der Waals surface area contributed by atoms with Crippen LogP contribution in [0.25, 0.3) is 10.9 Å². The molecule has 5 nitrogen and oxygen atoms in total. The minimum atomic E-state index is -0.00610. The molecule has 0 radical (unpaired) electrons. The molecule has 4 rings (SSSR count). The SMILES string of the molecule is O=C(c1ccccn1)N1CCC(Nc2ccnc3cc(Br)ccc23)C1. The van der Waals surface area contributed by atoms with Crippen LogP contribution in [0.4, 0.5) is 5.69 Å². The fourth-order valence-corrected chi connectivity index (χ4v) is 3.53. The van der Waals surface area contributed by atoms with Crippen LogP contribution in [-0.4, -0.2) is 39.9 Å². The second-order valence-corrected chi connectivity index (χ2v) is 7.03. The zero-order valence-electron chi connectivity index (χ0n) is 13.5. The summed E-state index contributed by atoms with van der Waals surface area (Å²) in [5.41, 5.74) is 2.50. The van der Waals surface area contributed by atoms with E-state index < -0.39 is 0 Å². The van der Waals surface area contributed by atoms with Crippen LogP contribution in [0.2, 0.25) is 0 Å². The Morgan fingerprint density at radius 2 is 2.08 bits per heavy atom. The maximum atomic E-state index is 12.5. The Balaban J connectivity index is 1.49. The van der Waals surface area contributed by atoms with Gasteiger partial charge in [-0.25, -0.2) is 0 Å². The molecule has 0 saturated carbocycles. The van der Waals surface area contributed by atoms with Gasteiger partial charge in [0.15, 0.2) is 0 Å². The number of benzene rings is 1. The van der Waals surface area contributed by atoms with E-state index in [1.807, 2.05) is 41.4 Å². The molecule has 0 aliphatic carbocycles. The second-order valence-electron chi connectivity index (χ2n) is 6.12. The van der Waals surface area contributed by atoms with Gasteiger partial charge in [-0.2, -0.15) is 0 Å². The highest BCUT2D eigenvalue weighted by Gasteiger charge is 2.27. The predicted molar refractivity (Wildman–Crippen MR) is 102 cm³/mol. The summed E-state index contributed by atoms with van der Waals surface area (Å²) < 4.78 is 1.01. The molecule has 1 aliphatic heterocycles. The zero-order chi connectivity index (χ0) is 17.2. The summed E-state index contributed by atoms with van der Waals surface area (Å²) in [7, 11) is 0. The molecule has 3 aromatic rings. The van der Waals surface area contributed by atoms with Gasteiger partial charge < -0.3 is 10.2 Å². The fourth-order valence-electron chi connectivity index (χ4n) is 3.18. The van der Waals surface area contributed by atoms with Gasteiger partial charge in [-0.3, -0.25) is 14.8 Å². The topological polar surface area (TPSA) is 58.1 Å². The van der Waals surface area contributed by atoms with Gasteiger partial charge in [0.1, 0.15) is 5.69 Å². The largest absolute Gasteiger partial charge is 0.380 e. The molecule has 126 valence electrons. The van der Waals surface area contributed by atoms with E-state index in [1.165, 1.54) is 0 Å². The van der Waals surface area contributed by atoms with Crippen LogP contribution in [0.3, 0.4) is 0 Å². The van der Waals surface area contributed by atoms with Crippen LogP contribution in [-0.2, 0) is 0 Å². The third kappa shape index (κ3) is 3.35. The van der Waals surface area contributed by atoms with E-state index in [-0.39, 0.29) is 11.9 Å². The second kappa shape index (κ2) is 6.80. The maximum Gasteiger partial charge on any atom is 0.272 e. The number of likely N-dealkylation sites (tertiary alicyclic amines) is 1. The van der Waals surface area contributed by atoms with Crippen molar-refractivity contribution in [3.8, 4) is 0 Å². The third-order valence-electron chi connectivity index (χ3n) is 4.42. The molecular weight excluding hydrogens is 380 g/mol. The van der Waals surface area contributed by atoms with Crippen molar-refractivity contribution in [2.75, 3.05) is 18.4 Å². The number of hydrogen-bond acceptors (Lipinski definition) is 4. The molecule has 1 saturated heterocycles. The Kier molecular flexibility index (Phi) is 4.36. The summed E-state index contributed by atoms with van der Waals surface area (Å²) in [5.74, 6) is -0.00610. The smallest absolute Gasteiger partial charge is 0.272 e. The van der Waals surface area contributed by atoms with Crippen molar-refractivity contribution in [3.05, 3.63) is 65.0 Å². The van der Waals surface area contributed by atoms with E-state index in [2.05, 4.69) is 37.3 Å². The van der Waals surface area contributed by atoms with Crippen molar-refractivity contribution in [2.24, 2.45) is 0 Å². The zero-order valence-corrected chi connectivity index (χ0v) is 15.1. The lowest BCUT2D eigenvalue weighted by Gasteiger charge is -2.18. The molecule has 0 bridgehead atoms. The first-order chi connectivity index (χ1) is 12.2. The molecule has 3 heterocycles. The predicted octanol–water partition coefficient (Wildman–Crippen LogP) is 3.72. The van der Waals surface area contributed by atoms with Gasteiger partial charge in [-0.1, -0.05) is 22.0 Å².